The van der Waals surface area contributed by atoms with Gasteiger partial charge in [-0.15, -0.1) is 11.3 Å². The van der Waals surface area contributed by atoms with E-state index in [2.05, 4.69) is 15.9 Å². The van der Waals surface area contributed by atoms with Crippen molar-refractivity contribution in [2.75, 3.05) is 0 Å². The number of fused-ring (bicyclic) bond motifs is 1. The van der Waals surface area contributed by atoms with Crippen molar-refractivity contribution in [3.8, 4) is 0 Å². The van der Waals surface area contributed by atoms with Crippen molar-refractivity contribution in [3.63, 3.8) is 0 Å². The highest BCUT2D eigenvalue weighted by molar-refractivity contribution is 9.08. The summed E-state index contributed by atoms with van der Waals surface area (Å²) in [5, 5.41) is 2.06. The van der Waals surface area contributed by atoms with Crippen LogP contribution in [0.4, 0.5) is 4.39 Å². The van der Waals surface area contributed by atoms with E-state index < -0.39 is 0 Å². The molecule has 0 aliphatic heterocycles. The fourth-order valence-electron chi connectivity index (χ4n) is 1.25. The molecule has 68 valence electrons. The quantitative estimate of drug-likeness (QED) is 0.670. The summed E-state index contributed by atoms with van der Waals surface area (Å²) >= 11 is 10.4. The van der Waals surface area contributed by atoms with E-state index in [9.17, 15) is 4.39 Å². The Morgan fingerprint density at radius 1 is 1.38 bits per heavy atom. The summed E-state index contributed by atoms with van der Waals surface area (Å²) in [7, 11) is 0. The number of alkyl halides is 1. The first-order valence-corrected chi connectivity index (χ1v) is 5.96. The Bertz CT molecular complexity index is 452. The highest BCUT2D eigenvalue weighted by Crippen LogP contribution is 2.31. The zero-order valence-electron chi connectivity index (χ0n) is 6.48. The predicted octanol–water partition coefficient (Wildman–Crippen LogP) is 4.59. The molecule has 0 unspecified atom stereocenters. The molecule has 1 aromatic heterocycles. The molecule has 2 aromatic rings. The molecular formula is C9H5BrClFS. The molecule has 0 bridgehead atoms. The third kappa shape index (κ3) is 1.73. The second kappa shape index (κ2) is 3.56. The first-order valence-electron chi connectivity index (χ1n) is 3.64. The third-order valence-electron chi connectivity index (χ3n) is 1.77. The van der Waals surface area contributed by atoms with Gasteiger partial charge < -0.3 is 0 Å². The minimum atomic E-state index is -0.167. The number of hydrogen-bond donors (Lipinski definition) is 0. The second-order valence-corrected chi connectivity index (χ2v) is 4.67. The first kappa shape index (κ1) is 9.44. The van der Waals surface area contributed by atoms with E-state index in [1.165, 1.54) is 6.07 Å². The summed E-state index contributed by atoms with van der Waals surface area (Å²) in [5.41, 5.74) is 1.04. The van der Waals surface area contributed by atoms with Gasteiger partial charge in [0.25, 0.3) is 0 Å². The normalized spacial score (nSPS) is 11.0. The van der Waals surface area contributed by atoms with Crippen molar-refractivity contribution in [2.45, 2.75) is 5.33 Å². The summed E-state index contributed by atoms with van der Waals surface area (Å²) in [6.07, 6.45) is 0. The molecule has 1 heterocycles. The Morgan fingerprint density at radius 3 is 2.85 bits per heavy atom. The maximum Gasteiger partial charge on any atom is 0.177 e. The molecule has 0 saturated heterocycles. The van der Waals surface area contributed by atoms with E-state index >= 15 is 0 Å². The monoisotopic (exact) mass is 278 g/mol. The van der Waals surface area contributed by atoms with Crippen molar-refractivity contribution < 1.29 is 4.39 Å². The van der Waals surface area contributed by atoms with E-state index in [0.29, 0.717) is 10.4 Å². The lowest BCUT2D eigenvalue weighted by atomic mass is 10.2. The van der Waals surface area contributed by atoms with Gasteiger partial charge >= 0.3 is 0 Å². The number of halogens is 3. The first-order chi connectivity index (χ1) is 6.20. The summed E-state index contributed by atoms with van der Waals surface area (Å²) in [6.45, 7) is 0. The minimum absolute atomic E-state index is 0.167. The molecule has 0 atom stereocenters. The Kier molecular flexibility index (Phi) is 2.58. The molecule has 0 amide bonds. The van der Waals surface area contributed by atoms with E-state index in [0.717, 1.165) is 27.0 Å². The highest BCUT2D eigenvalue weighted by atomic mass is 79.9. The average molecular weight is 280 g/mol. The topological polar surface area (TPSA) is 0 Å². The zero-order chi connectivity index (χ0) is 9.42. The van der Waals surface area contributed by atoms with Crippen molar-refractivity contribution in [1.82, 2.24) is 0 Å². The molecule has 13 heavy (non-hydrogen) atoms. The minimum Gasteiger partial charge on any atom is -0.195 e. The van der Waals surface area contributed by atoms with Gasteiger partial charge in [-0.3, -0.25) is 0 Å². The summed E-state index contributed by atoms with van der Waals surface area (Å²) in [6, 6.07) is 5.15. The number of hydrogen-bond acceptors (Lipinski definition) is 1. The standard InChI is InChI=1S/C9H5BrClFS/c10-4-6-2-7(11)1-5-3-8(12)13-9(5)6/h1-3H,4H2. The molecule has 1 aromatic carbocycles. The average Bonchev–Trinajstić information content (AvgIpc) is 2.43. The maximum absolute atomic E-state index is 12.9. The van der Waals surface area contributed by atoms with Crippen molar-refractivity contribution in [3.05, 3.63) is 33.9 Å². The van der Waals surface area contributed by atoms with Gasteiger partial charge in [0.05, 0.1) is 0 Å². The zero-order valence-corrected chi connectivity index (χ0v) is 9.64. The van der Waals surface area contributed by atoms with Crippen LogP contribution >= 0.6 is 38.9 Å². The van der Waals surface area contributed by atoms with Crippen molar-refractivity contribution >= 4 is 49.0 Å². The summed E-state index contributed by atoms with van der Waals surface area (Å²) in [4.78, 5) is 0. The van der Waals surface area contributed by atoms with E-state index in [1.807, 2.05) is 6.07 Å². The van der Waals surface area contributed by atoms with Gasteiger partial charge in [0.1, 0.15) is 0 Å². The molecule has 0 saturated carbocycles. The molecule has 4 heteroatoms. The van der Waals surface area contributed by atoms with Crippen molar-refractivity contribution in [1.29, 1.82) is 0 Å². The molecule has 0 spiro atoms. The molecular weight excluding hydrogens is 275 g/mol. The fraction of sp³-hybridized carbons (Fsp3) is 0.111. The largest absolute Gasteiger partial charge is 0.195 e. The van der Waals surface area contributed by atoms with Gasteiger partial charge in [-0.05, 0) is 29.1 Å². The third-order valence-corrected chi connectivity index (χ3v) is 3.61. The fourth-order valence-corrected chi connectivity index (χ4v) is 3.01. The summed E-state index contributed by atoms with van der Waals surface area (Å²) in [5.74, 6) is 0. The van der Waals surface area contributed by atoms with Gasteiger partial charge in [0.2, 0.25) is 0 Å². The number of thiophene rings is 1. The molecule has 0 radical (unpaired) electrons. The molecule has 0 fully saturated rings. The van der Waals surface area contributed by atoms with Crippen LogP contribution in [0.5, 0.6) is 0 Å². The van der Waals surface area contributed by atoms with Crippen LogP contribution < -0.4 is 0 Å². The van der Waals surface area contributed by atoms with Gasteiger partial charge in [-0.25, -0.2) is 0 Å². The Morgan fingerprint density at radius 2 is 2.15 bits per heavy atom. The summed E-state index contributed by atoms with van der Waals surface area (Å²) < 4.78 is 13.9. The van der Waals surface area contributed by atoms with Gasteiger partial charge in [0, 0.05) is 15.1 Å². The van der Waals surface area contributed by atoms with Crippen LogP contribution in [-0.4, -0.2) is 0 Å². The van der Waals surface area contributed by atoms with Crippen LogP contribution in [0.25, 0.3) is 10.1 Å². The molecule has 0 aliphatic carbocycles. The van der Waals surface area contributed by atoms with Crippen LogP contribution in [0.3, 0.4) is 0 Å². The lowest BCUT2D eigenvalue weighted by Crippen LogP contribution is -1.76. The SMILES string of the molecule is Fc1cc2cc(Cl)cc(CBr)c2s1. The van der Waals surface area contributed by atoms with Gasteiger partial charge in [-0.2, -0.15) is 4.39 Å². The second-order valence-electron chi connectivity index (χ2n) is 2.67. The molecule has 2 rings (SSSR count). The number of rotatable bonds is 1. The Balaban J connectivity index is 2.80. The molecule has 0 aliphatic rings. The Labute approximate surface area is 92.5 Å². The van der Waals surface area contributed by atoms with Crippen LogP contribution in [0.1, 0.15) is 5.56 Å². The van der Waals surface area contributed by atoms with E-state index in [1.54, 1.807) is 6.07 Å². The molecule has 0 N–H and O–H groups in total. The smallest absolute Gasteiger partial charge is 0.177 e. The molecule has 0 nitrogen and oxygen atoms in total. The van der Waals surface area contributed by atoms with Crippen LogP contribution in [0.2, 0.25) is 5.02 Å². The lowest BCUT2D eigenvalue weighted by Gasteiger charge is -1.98. The number of benzene rings is 1. The van der Waals surface area contributed by atoms with Gasteiger partial charge in [-0.1, -0.05) is 27.5 Å². The predicted molar refractivity (Wildman–Crippen MR) is 59.4 cm³/mol. The van der Waals surface area contributed by atoms with E-state index in [4.69, 9.17) is 11.6 Å². The van der Waals surface area contributed by atoms with Crippen molar-refractivity contribution in [2.24, 2.45) is 0 Å². The van der Waals surface area contributed by atoms with Crippen LogP contribution in [-0.2, 0) is 5.33 Å². The van der Waals surface area contributed by atoms with Crippen LogP contribution in [0, 0.1) is 5.13 Å². The Hall–Kier alpha value is -0.120. The maximum atomic E-state index is 12.9. The van der Waals surface area contributed by atoms with Crippen LogP contribution in [0.15, 0.2) is 18.2 Å². The van der Waals surface area contributed by atoms with Gasteiger partial charge in [0.15, 0.2) is 5.13 Å². The highest BCUT2D eigenvalue weighted by Gasteiger charge is 2.06. The lowest BCUT2D eigenvalue weighted by molar-refractivity contribution is 0.658. The van der Waals surface area contributed by atoms with E-state index in [-0.39, 0.29) is 5.13 Å².